The lowest BCUT2D eigenvalue weighted by atomic mass is 9.77. The predicted molar refractivity (Wildman–Crippen MR) is 94.3 cm³/mol. The average molecular weight is 345 g/mol. The number of amides is 1. The molecule has 1 amide bonds. The van der Waals surface area contributed by atoms with Crippen LogP contribution in [0.3, 0.4) is 0 Å². The Morgan fingerprint density at radius 3 is 2.56 bits per heavy atom. The number of benzene rings is 1. The predicted octanol–water partition coefficient (Wildman–Crippen LogP) is 2.96. The number of nitrogens with one attached hydrogen (secondary N) is 1. The molecule has 25 heavy (non-hydrogen) atoms. The van der Waals surface area contributed by atoms with E-state index in [1.54, 1.807) is 0 Å². The van der Waals surface area contributed by atoms with Crippen LogP contribution in [0.25, 0.3) is 0 Å². The quantitative estimate of drug-likeness (QED) is 0.759. The van der Waals surface area contributed by atoms with E-state index in [1.165, 1.54) is 12.7 Å². The second-order valence-corrected chi connectivity index (χ2v) is 7.51. The van der Waals surface area contributed by atoms with Crippen molar-refractivity contribution in [2.75, 3.05) is 13.7 Å². The molecule has 0 spiro atoms. The van der Waals surface area contributed by atoms with Crippen LogP contribution in [-0.2, 0) is 14.3 Å². The van der Waals surface area contributed by atoms with E-state index in [9.17, 15) is 14.7 Å². The van der Waals surface area contributed by atoms with E-state index in [-0.39, 0.29) is 18.6 Å². The van der Waals surface area contributed by atoms with Crippen LogP contribution in [0.5, 0.6) is 0 Å². The summed E-state index contributed by atoms with van der Waals surface area (Å²) in [6, 6.07) is 10.4. The van der Waals surface area contributed by atoms with E-state index >= 15 is 0 Å². The minimum Gasteiger partial charge on any atom is -0.481 e. The summed E-state index contributed by atoms with van der Waals surface area (Å²) < 4.78 is 5.06. The van der Waals surface area contributed by atoms with Crippen molar-refractivity contribution < 1.29 is 19.4 Å². The summed E-state index contributed by atoms with van der Waals surface area (Å²) in [5.74, 6) is -1.08. The summed E-state index contributed by atoms with van der Waals surface area (Å²) in [7, 11) is 1.51. The van der Waals surface area contributed by atoms with Gasteiger partial charge >= 0.3 is 5.97 Å². The molecule has 0 aromatic heterocycles. The van der Waals surface area contributed by atoms with Crippen LogP contribution >= 0.6 is 0 Å². The fraction of sp³-hybridized carbons (Fsp3) is 0.600. The van der Waals surface area contributed by atoms with Crippen LogP contribution in [0.1, 0.15) is 50.0 Å². The maximum Gasteiger partial charge on any atom is 0.308 e. The molecular weight excluding hydrogens is 318 g/mol. The van der Waals surface area contributed by atoms with Gasteiger partial charge in [-0.05, 0) is 31.2 Å². The van der Waals surface area contributed by atoms with Crippen LogP contribution in [-0.4, -0.2) is 36.7 Å². The molecule has 5 nitrogen and oxygen atoms in total. The molecule has 3 atom stereocenters. The molecule has 2 unspecified atom stereocenters. The number of carboxylic acid groups (broad SMARTS) is 1. The molecule has 0 bridgehead atoms. The molecule has 0 heterocycles. The summed E-state index contributed by atoms with van der Waals surface area (Å²) in [5, 5.41) is 12.6. The summed E-state index contributed by atoms with van der Waals surface area (Å²) >= 11 is 0. The van der Waals surface area contributed by atoms with Crippen molar-refractivity contribution in [2.24, 2.45) is 11.3 Å². The van der Waals surface area contributed by atoms with E-state index < -0.39 is 17.3 Å². The van der Waals surface area contributed by atoms with Crippen molar-refractivity contribution in [1.82, 2.24) is 5.32 Å². The fourth-order valence-electron chi connectivity index (χ4n) is 4.21. The van der Waals surface area contributed by atoms with Crippen molar-refractivity contribution >= 4 is 11.9 Å². The summed E-state index contributed by atoms with van der Waals surface area (Å²) in [6.45, 7) is 0.153. The number of hydrogen-bond donors (Lipinski definition) is 2. The lowest BCUT2D eigenvalue weighted by Gasteiger charge is -2.30. The molecule has 3 rings (SSSR count). The number of rotatable bonds is 8. The van der Waals surface area contributed by atoms with Crippen LogP contribution < -0.4 is 5.32 Å². The van der Waals surface area contributed by atoms with E-state index in [1.807, 2.05) is 18.2 Å². The third kappa shape index (κ3) is 4.03. The minimum atomic E-state index is -0.880. The molecular formula is C20H27NO4. The Balaban J connectivity index is 1.64. The topological polar surface area (TPSA) is 75.6 Å². The van der Waals surface area contributed by atoms with Gasteiger partial charge in [0.1, 0.15) is 0 Å². The van der Waals surface area contributed by atoms with Gasteiger partial charge in [0.2, 0.25) is 5.91 Å². The second-order valence-electron chi connectivity index (χ2n) is 7.51. The molecule has 1 aromatic carbocycles. The molecule has 2 aliphatic rings. The Morgan fingerprint density at radius 2 is 1.96 bits per heavy atom. The van der Waals surface area contributed by atoms with E-state index in [2.05, 4.69) is 17.4 Å². The highest BCUT2D eigenvalue weighted by Crippen LogP contribution is 2.46. The highest BCUT2D eigenvalue weighted by molar-refractivity contribution is 5.84. The van der Waals surface area contributed by atoms with Crippen molar-refractivity contribution in [3.8, 4) is 0 Å². The number of hydrogen-bond acceptors (Lipinski definition) is 3. The maximum atomic E-state index is 13.0. The fourth-order valence-corrected chi connectivity index (χ4v) is 4.21. The van der Waals surface area contributed by atoms with Crippen molar-refractivity contribution in [1.29, 1.82) is 0 Å². The highest BCUT2D eigenvalue weighted by atomic mass is 16.5. The first kappa shape index (κ1) is 17.9. The Bertz CT molecular complexity index is 609. The van der Waals surface area contributed by atoms with Gasteiger partial charge < -0.3 is 15.2 Å². The summed E-state index contributed by atoms with van der Waals surface area (Å²) in [6.07, 6.45) is 4.85. The molecule has 2 fully saturated rings. The second kappa shape index (κ2) is 7.56. The molecule has 0 radical (unpaired) electrons. The van der Waals surface area contributed by atoms with E-state index in [0.29, 0.717) is 12.3 Å². The Morgan fingerprint density at radius 1 is 1.28 bits per heavy atom. The van der Waals surface area contributed by atoms with Gasteiger partial charge in [-0.2, -0.15) is 0 Å². The molecule has 2 aliphatic carbocycles. The Kier molecular flexibility index (Phi) is 5.42. The SMILES string of the molecule is COCC(CC1(C(=O)NC2C[C@H]2c2ccccc2)CCCC1)C(=O)O. The van der Waals surface area contributed by atoms with Gasteiger partial charge in [-0.15, -0.1) is 0 Å². The molecule has 136 valence electrons. The van der Waals surface area contributed by atoms with Gasteiger partial charge in [-0.3, -0.25) is 9.59 Å². The molecule has 1 aromatic rings. The van der Waals surface area contributed by atoms with Gasteiger partial charge in [-0.25, -0.2) is 0 Å². The first-order chi connectivity index (χ1) is 12.1. The summed E-state index contributed by atoms with van der Waals surface area (Å²) in [5.41, 5.74) is 0.710. The van der Waals surface area contributed by atoms with Crippen molar-refractivity contribution in [3.05, 3.63) is 35.9 Å². The first-order valence-corrected chi connectivity index (χ1v) is 9.13. The molecule has 2 saturated carbocycles. The normalized spacial score (nSPS) is 25.3. The third-order valence-corrected chi connectivity index (χ3v) is 5.73. The zero-order valence-corrected chi connectivity index (χ0v) is 14.7. The van der Waals surface area contributed by atoms with E-state index in [0.717, 1.165) is 32.1 Å². The molecule has 0 aliphatic heterocycles. The van der Waals surface area contributed by atoms with Gasteiger partial charge in [0, 0.05) is 19.1 Å². The first-order valence-electron chi connectivity index (χ1n) is 9.13. The number of carbonyl (C=O) groups excluding carboxylic acids is 1. The zero-order chi connectivity index (χ0) is 17.9. The monoisotopic (exact) mass is 345 g/mol. The van der Waals surface area contributed by atoms with E-state index in [4.69, 9.17) is 4.74 Å². The Labute approximate surface area is 148 Å². The number of carbonyl (C=O) groups is 2. The van der Waals surface area contributed by atoms with Gasteiger partial charge in [0.25, 0.3) is 0 Å². The minimum absolute atomic E-state index is 0.0378. The van der Waals surface area contributed by atoms with Gasteiger partial charge in [0.15, 0.2) is 0 Å². The molecule has 5 heteroatoms. The van der Waals surface area contributed by atoms with Crippen molar-refractivity contribution in [3.63, 3.8) is 0 Å². The average Bonchev–Trinajstić information content (AvgIpc) is 3.20. The van der Waals surface area contributed by atoms with Gasteiger partial charge in [-0.1, -0.05) is 43.2 Å². The van der Waals surface area contributed by atoms with Gasteiger partial charge in [0.05, 0.1) is 17.9 Å². The molecule has 0 saturated heterocycles. The number of carboxylic acids is 1. The standard InChI is InChI=1S/C20H27NO4/c1-25-13-15(18(22)23)12-20(9-5-6-10-20)19(24)21-17-11-16(17)14-7-3-2-4-8-14/h2-4,7-8,15-17H,5-6,9-13H2,1H3,(H,21,24)(H,22,23)/t15?,16-,17?/m0/s1. The smallest absolute Gasteiger partial charge is 0.308 e. The van der Waals surface area contributed by atoms with Crippen LogP contribution in [0.4, 0.5) is 0 Å². The molecule has 2 N–H and O–H groups in total. The van der Waals surface area contributed by atoms with Crippen molar-refractivity contribution in [2.45, 2.75) is 50.5 Å². The zero-order valence-electron chi connectivity index (χ0n) is 14.7. The highest BCUT2D eigenvalue weighted by Gasteiger charge is 2.47. The number of methoxy groups -OCH3 is 1. The third-order valence-electron chi connectivity index (χ3n) is 5.73. The maximum absolute atomic E-state index is 13.0. The van der Waals surface area contributed by atoms with Crippen LogP contribution in [0.15, 0.2) is 30.3 Å². The number of aliphatic carboxylic acids is 1. The number of ether oxygens (including phenoxy) is 1. The lowest BCUT2D eigenvalue weighted by Crippen LogP contribution is -2.43. The van der Waals surface area contributed by atoms with Crippen LogP contribution in [0, 0.1) is 11.3 Å². The Hall–Kier alpha value is -1.88. The van der Waals surface area contributed by atoms with Crippen LogP contribution in [0.2, 0.25) is 0 Å². The largest absolute Gasteiger partial charge is 0.481 e. The summed E-state index contributed by atoms with van der Waals surface area (Å²) in [4.78, 5) is 24.5. The lowest BCUT2D eigenvalue weighted by molar-refractivity contribution is -0.146.